The van der Waals surface area contributed by atoms with Gasteiger partial charge in [0.05, 0.1) is 29.3 Å². The SMILES string of the molecule is CCn1nc(CC(NC)c2cncn2C)c2ccccc21. The lowest BCUT2D eigenvalue weighted by Crippen LogP contribution is -2.21. The lowest BCUT2D eigenvalue weighted by atomic mass is 10.1. The summed E-state index contributed by atoms with van der Waals surface area (Å²) in [6.07, 6.45) is 4.60. The zero-order chi connectivity index (χ0) is 14.8. The summed E-state index contributed by atoms with van der Waals surface area (Å²) < 4.78 is 4.13. The van der Waals surface area contributed by atoms with Crippen molar-refractivity contribution >= 4 is 10.9 Å². The predicted octanol–water partition coefficient (Wildman–Crippen LogP) is 2.29. The number of hydrogen-bond acceptors (Lipinski definition) is 3. The van der Waals surface area contributed by atoms with E-state index in [0.717, 1.165) is 18.7 Å². The van der Waals surface area contributed by atoms with Crippen molar-refractivity contribution in [3.63, 3.8) is 0 Å². The van der Waals surface area contributed by atoms with Crippen LogP contribution in [0.15, 0.2) is 36.8 Å². The number of benzene rings is 1. The fraction of sp³-hybridized carbons (Fsp3) is 0.375. The molecule has 0 bridgehead atoms. The standard InChI is InChI=1S/C16H21N5/c1-4-21-15-8-6-5-7-12(15)13(19-21)9-14(17-2)16-10-18-11-20(16)3/h5-8,10-11,14,17H,4,9H2,1-3H3. The van der Waals surface area contributed by atoms with Gasteiger partial charge in [0, 0.05) is 31.6 Å². The van der Waals surface area contributed by atoms with Gasteiger partial charge in [0.15, 0.2) is 0 Å². The van der Waals surface area contributed by atoms with Crippen molar-refractivity contribution in [2.45, 2.75) is 25.9 Å². The second kappa shape index (κ2) is 5.69. The summed E-state index contributed by atoms with van der Waals surface area (Å²) in [5, 5.41) is 9.40. The summed E-state index contributed by atoms with van der Waals surface area (Å²) in [6, 6.07) is 8.64. The molecule has 5 nitrogen and oxygen atoms in total. The van der Waals surface area contributed by atoms with Crippen LogP contribution >= 0.6 is 0 Å². The number of para-hydroxylation sites is 1. The molecule has 1 aromatic carbocycles. The number of likely N-dealkylation sites (N-methyl/N-ethyl adjacent to an activating group) is 1. The van der Waals surface area contributed by atoms with Gasteiger partial charge >= 0.3 is 0 Å². The van der Waals surface area contributed by atoms with Crippen LogP contribution in [0, 0.1) is 0 Å². The molecular weight excluding hydrogens is 262 g/mol. The molecule has 1 atom stereocenters. The predicted molar refractivity (Wildman–Crippen MR) is 84.1 cm³/mol. The number of nitrogens with zero attached hydrogens (tertiary/aromatic N) is 4. The molecule has 0 aliphatic heterocycles. The fourth-order valence-electron chi connectivity index (χ4n) is 2.84. The van der Waals surface area contributed by atoms with Gasteiger partial charge in [0.1, 0.15) is 0 Å². The van der Waals surface area contributed by atoms with Crippen molar-refractivity contribution in [3.8, 4) is 0 Å². The van der Waals surface area contributed by atoms with Crippen molar-refractivity contribution < 1.29 is 0 Å². The summed E-state index contributed by atoms with van der Waals surface area (Å²) in [5.74, 6) is 0. The number of aryl methyl sites for hydroxylation is 2. The molecule has 0 saturated carbocycles. The minimum absolute atomic E-state index is 0.209. The number of rotatable bonds is 5. The number of fused-ring (bicyclic) bond motifs is 1. The van der Waals surface area contributed by atoms with Crippen LogP contribution in [0.3, 0.4) is 0 Å². The molecule has 0 spiro atoms. The highest BCUT2D eigenvalue weighted by atomic mass is 15.3. The second-order valence-corrected chi connectivity index (χ2v) is 5.25. The average Bonchev–Trinajstić information content (AvgIpc) is 3.09. The summed E-state index contributed by atoms with van der Waals surface area (Å²) in [5.41, 5.74) is 3.51. The first-order chi connectivity index (χ1) is 10.2. The van der Waals surface area contributed by atoms with Crippen LogP contribution in [0.25, 0.3) is 10.9 Å². The van der Waals surface area contributed by atoms with E-state index in [9.17, 15) is 0 Å². The van der Waals surface area contributed by atoms with Gasteiger partial charge in [-0.2, -0.15) is 5.10 Å². The van der Waals surface area contributed by atoms with Gasteiger partial charge in [0.2, 0.25) is 0 Å². The van der Waals surface area contributed by atoms with Crippen LogP contribution in [0.5, 0.6) is 0 Å². The maximum Gasteiger partial charge on any atom is 0.0946 e. The Morgan fingerprint density at radius 1 is 1.29 bits per heavy atom. The van der Waals surface area contributed by atoms with Crippen LogP contribution < -0.4 is 5.32 Å². The topological polar surface area (TPSA) is 47.7 Å². The maximum atomic E-state index is 4.78. The van der Waals surface area contributed by atoms with Gasteiger partial charge in [0.25, 0.3) is 0 Å². The van der Waals surface area contributed by atoms with Gasteiger partial charge in [-0.1, -0.05) is 18.2 Å². The van der Waals surface area contributed by atoms with E-state index < -0.39 is 0 Å². The molecule has 0 aliphatic carbocycles. The Morgan fingerprint density at radius 2 is 2.10 bits per heavy atom. The Labute approximate surface area is 124 Å². The molecular formula is C16H21N5. The largest absolute Gasteiger partial charge is 0.336 e. The van der Waals surface area contributed by atoms with Crippen molar-refractivity contribution in [2.75, 3.05) is 7.05 Å². The normalized spacial score (nSPS) is 12.9. The van der Waals surface area contributed by atoms with Crippen molar-refractivity contribution in [1.82, 2.24) is 24.6 Å². The zero-order valence-corrected chi connectivity index (χ0v) is 12.7. The number of imidazole rings is 1. The summed E-state index contributed by atoms with van der Waals surface area (Å²) in [7, 11) is 4.01. The first-order valence-electron chi connectivity index (χ1n) is 7.32. The molecule has 110 valence electrons. The second-order valence-electron chi connectivity index (χ2n) is 5.25. The minimum Gasteiger partial charge on any atom is -0.336 e. The Bertz CT molecular complexity index is 740. The van der Waals surface area contributed by atoms with E-state index in [4.69, 9.17) is 5.10 Å². The number of hydrogen-bond donors (Lipinski definition) is 1. The Kier molecular flexibility index (Phi) is 3.75. The maximum absolute atomic E-state index is 4.78. The minimum atomic E-state index is 0.209. The third-order valence-electron chi connectivity index (χ3n) is 3.99. The van der Waals surface area contributed by atoms with Crippen LogP contribution in [0.4, 0.5) is 0 Å². The molecule has 2 aromatic heterocycles. The van der Waals surface area contributed by atoms with Gasteiger partial charge in [-0.25, -0.2) is 4.98 Å². The molecule has 0 aliphatic rings. The Hall–Kier alpha value is -2.14. The van der Waals surface area contributed by atoms with E-state index in [2.05, 4.69) is 50.7 Å². The van der Waals surface area contributed by atoms with E-state index in [1.165, 1.54) is 16.6 Å². The highest BCUT2D eigenvalue weighted by Gasteiger charge is 2.18. The quantitative estimate of drug-likeness (QED) is 0.781. The molecule has 5 heteroatoms. The van der Waals surface area contributed by atoms with Crippen LogP contribution in [-0.4, -0.2) is 26.4 Å². The van der Waals surface area contributed by atoms with Crippen LogP contribution in [0.1, 0.15) is 24.4 Å². The van der Waals surface area contributed by atoms with Crippen LogP contribution in [-0.2, 0) is 20.0 Å². The summed E-state index contributed by atoms with van der Waals surface area (Å²) in [6.45, 7) is 3.01. The Morgan fingerprint density at radius 3 is 2.76 bits per heavy atom. The lowest BCUT2D eigenvalue weighted by molar-refractivity contribution is 0.542. The van der Waals surface area contributed by atoms with E-state index in [1.807, 2.05) is 26.6 Å². The first kappa shape index (κ1) is 13.8. The fourth-order valence-corrected chi connectivity index (χ4v) is 2.84. The third kappa shape index (κ3) is 2.45. The van der Waals surface area contributed by atoms with Gasteiger partial charge in [-0.3, -0.25) is 4.68 Å². The van der Waals surface area contributed by atoms with E-state index >= 15 is 0 Å². The summed E-state index contributed by atoms with van der Waals surface area (Å²) in [4.78, 5) is 4.21. The van der Waals surface area contributed by atoms with Gasteiger partial charge < -0.3 is 9.88 Å². The van der Waals surface area contributed by atoms with Crippen molar-refractivity contribution in [2.24, 2.45) is 7.05 Å². The average molecular weight is 283 g/mol. The molecule has 0 amide bonds. The number of aromatic nitrogens is 4. The van der Waals surface area contributed by atoms with E-state index in [1.54, 1.807) is 0 Å². The van der Waals surface area contributed by atoms with E-state index in [-0.39, 0.29) is 6.04 Å². The molecule has 21 heavy (non-hydrogen) atoms. The van der Waals surface area contributed by atoms with Crippen molar-refractivity contribution in [1.29, 1.82) is 0 Å². The zero-order valence-electron chi connectivity index (χ0n) is 12.7. The molecule has 0 saturated heterocycles. The van der Waals surface area contributed by atoms with Gasteiger partial charge in [-0.05, 0) is 20.0 Å². The van der Waals surface area contributed by atoms with E-state index in [0.29, 0.717) is 0 Å². The highest BCUT2D eigenvalue weighted by Crippen LogP contribution is 2.23. The van der Waals surface area contributed by atoms with Gasteiger partial charge in [-0.15, -0.1) is 0 Å². The third-order valence-corrected chi connectivity index (χ3v) is 3.99. The first-order valence-corrected chi connectivity index (χ1v) is 7.32. The molecule has 1 N–H and O–H groups in total. The Balaban J connectivity index is 1.99. The summed E-state index contributed by atoms with van der Waals surface area (Å²) >= 11 is 0. The molecule has 3 rings (SSSR count). The smallest absolute Gasteiger partial charge is 0.0946 e. The van der Waals surface area contributed by atoms with Crippen molar-refractivity contribution in [3.05, 3.63) is 48.2 Å². The lowest BCUT2D eigenvalue weighted by Gasteiger charge is -2.15. The monoisotopic (exact) mass is 283 g/mol. The number of nitrogens with one attached hydrogen (secondary N) is 1. The molecule has 2 heterocycles. The van der Waals surface area contributed by atoms with Crippen LogP contribution in [0.2, 0.25) is 0 Å². The highest BCUT2D eigenvalue weighted by molar-refractivity contribution is 5.82. The molecule has 1 unspecified atom stereocenters. The molecule has 0 radical (unpaired) electrons. The molecule has 0 fully saturated rings. The molecule has 3 aromatic rings.